The molecule has 3 atom stereocenters. The van der Waals surface area contributed by atoms with Crippen LogP contribution in [0.25, 0.3) is 0 Å². The molecule has 1 fully saturated rings. The van der Waals surface area contributed by atoms with E-state index in [1.807, 2.05) is 13.8 Å². The van der Waals surface area contributed by atoms with Crippen LogP contribution in [0.1, 0.15) is 20.8 Å². The molecule has 0 saturated carbocycles. The van der Waals surface area contributed by atoms with Gasteiger partial charge in [0.1, 0.15) is 6.04 Å². The highest BCUT2D eigenvalue weighted by Gasteiger charge is 2.43. The summed E-state index contributed by atoms with van der Waals surface area (Å²) in [6, 6.07) is -0.600. The number of hydrogen-bond acceptors (Lipinski definition) is 4. The molecule has 92 valence electrons. The summed E-state index contributed by atoms with van der Waals surface area (Å²) in [7, 11) is 1.30. The summed E-state index contributed by atoms with van der Waals surface area (Å²) in [5.74, 6) is -1.08. The van der Waals surface area contributed by atoms with E-state index in [0.29, 0.717) is 0 Å². The molecular weight excluding hydrogens is 210 g/mol. The minimum absolute atomic E-state index is 0.0334. The zero-order valence-corrected chi connectivity index (χ0v) is 10.1. The van der Waals surface area contributed by atoms with Gasteiger partial charge in [-0.2, -0.15) is 0 Å². The van der Waals surface area contributed by atoms with Crippen molar-refractivity contribution in [3.05, 3.63) is 0 Å². The average Bonchev–Trinajstić information content (AvgIpc) is 2.46. The lowest BCUT2D eigenvalue weighted by Gasteiger charge is -2.28. The first-order valence-corrected chi connectivity index (χ1v) is 5.46. The molecule has 0 aliphatic carbocycles. The van der Waals surface area contributed by atoms with E-state index < -0.39 is 24.0 Å². The number of aliphatic hydroxyl groups is 1. The summed E-state index contributed by atoms with van der Waals surface area (Å²) in [5.41, 5.74) is 0. The number of methoxy groups -OCH3 is 1. The Hall–Kier alpha value is -1.10. The maximum atomic E-state index is 11.8. The molecule has 0 bridgehead atoms. The van der Waals surface area contributed by atoms with Crippen LogP contribution in [-0.2, 0) is 14.3 Å². The Morgan fingerprint density at radius 2 is 2.12 bits per heavy atom. The summed E-state index contributed by atoms with van der Waals surface area (Å²) in [4.78, 5) is 24.9. The molecule has 5 nitrogen and oxygen atoms in total. The first-order chi connectivity index (χ1) is 7.40. The highest BCUT2D eigenvalue weighted by Crippen LogP contribution is 2.24. The van der Waals surface area contributed by atoms with Crippen molar-refractivity contribution in [2.45, 2.75) is 32.9 Å². The summed E-state index contributed by atoms with van der Waals surface area (Å²) in [5, 5.41) is 9.61. The van der Waals surface area contributed by atoms with E-state index in [0.717, 1.165) is 0 Å². The van der Waals surface area contributed by atoms with Crippen LogP contribution in [0.4, 0.5) is 0 Å². The Kier molecular flexibility index (Phi) is 3.91. The molecule has 1 amide bonds. The first-order valence-electron chi connectivity index (χ1n) is 5.46. The molecule has 1 aliphatic heterocycles. The van der Waals surface area contributed by atoms with E-state index in [2.05, 4.69) is 0 Å². The lowest BCUT2D eigenvalue weighted by Crippen LogP contribution is -2.46. The van der Waals surface area contributed by atoms with Gasteiger partial charge in [-0.05, 0) is 5.92 Å². The van der Waals surface area contributed by atoms with Gasteiger partial charge in [0.2, 0.25) is 5.91 Å². The van der Waals surface area contributed by atoms with E-state index in [4.69, 9.17) is 4.74 Å². The molecular formula is C11H19NO4. The van der Waals surface area contributed by atoms with Gasteiger partial charge in [-0.3, -0.25) is 4.79 Å². The van der Waals surface area contributed by atoms with Crippen molar-refractivity contribution in [3.8, 4) is 0 Å². The van der Waals surface area contributed by atoms with Crippen molar-refractivity contribution < 1.29 is 19.4 Å². The van der Waals surface area contributed by atoms with Crippen molar-refractivity contribution in [1.29, 1.82) is 0 Å². The van der Waals surface area contributed by atoms with Crippen LogP contribution in [0.15, 0.2) is 0 Å². The van der Waals surface area contributed by atoms with Gasteiger partial charge < -0.3 is 14.7 Å². The molecule has 5 heteroatoms. The summed E-state index contributed by atoms with van der Waals surface area (Å²) >= 11 is 0. The maximum absolute atomic E-state index is 11.8. The second kappa shape index (κ2) is 4.82. The SMILES string of the molecule is COC(=O)C(C(C)C)N1CC(O)C(C)C1=O. The third kappa shape index (κ3) is 2.19. The van der Waals surface area contributed by atoms with Gasteiger partial charge in [-0.15, -0.1) is 0 Å². The number of carbonyl (C=O) groups is 2. The molecule has 1 N–H and O–H groups in total. The van der Waals surface area contributed by atoms with Gasteiger partial charge in [0.15, 0.2) is 0 Å². The van der Waals surface area contributed by atoms with Gasteiger partial charge in [0.25, 0.3) is 0 Å². The Morgan fingerprint density at radius 1 is 1.56 bits per heavy atom. The minimum atomic E-state index is -0.696. The fourth-order valence-electron chi connectivity index (χ4n) is 2.01. The zero-order chi connectivity index (χ0) is 12.5. The van der Waals surface area contributed by atoms with Crippen molar-refractivity contribution in [2.24, 2.45) is 11.8 Å². The highest BCUT2D eigenvalue weighted by molar-refractivity contribution is 5.87. The van der Waals surface area contributed by atoms with Crippen LogP contribution in [0, 0.1) is 11.8 Å². The number of hydrogen-bond donors (Lipinski definition) is 1. The van der Waals surface area contributed by atoms with E-state index in [9.17, 15) is 14.7 Å². The molecule has 0 aromatic heterocycles. The molecule has 0 spiro atoms. The predicted molar refractivity (Wildman–Crippen MR) is 57.5 cm³/mol. The number of esters is 1. The highest BCUT2D eigenvalue weighted by atomic mass is 16.5. The van der Waals surface area contributed by atoms with Gasteiger partial charge in [0.05, 0.1) is 19.1 Å². The molecule has 1 aliphatic rings. The summed E-state index contributed by atoms with van der Waals surface area (Å²) in [6.45, 7) is 5.58. The predicted octanol–water partition coefficient (Wildman–Crippen LogP) is 0.0232. The summed E-state index contributed by atoms with van der Waals surface area (Å²) < 4.78 is 4.69. The zero-order valence-electron chi connectivity index (χ0n) is 10.1. The van der Waals surface area contributed by atoms with E-state index >= 15 is 0 Å². The second-order valence-electron chi connectivity index (χ2n) is 4.56. The number of aliphatic hydroxyl groups excluding tert-OH is 1. The molecule has 0 aromatic carbocycles. The molecule has 3 unspecified atom stereocenters. The largest absolute Gasteiger partial charge is 0.467 e. The van der Waals surface area contributed by atoms with Gasteiger partial charge in [-0.25, -0.2) is 4.79 Å². The summed E-state index contributed by atoms with van der Waals surface area (Å²) in [6.07, 6.45) is -0.696. The molecule has 16 heavy (non-hydrogen) atoms. The quantitative estimate of drug-likeness (QED) is 0.693. The first kappa shape index (κ1) is 13.0. The molecule has 1 rings (SSSR count). The van der Waals surface area contributed by atoms with Crippen molar-refractivity contribution in [1.82, 2.24) is 4.90 Å². The molecule has 1 saturated heterocycles. The minimum Gasteiger partial charge on any atom is -0.467 e. The van der Waals surface area contributed by atoms with Gasteiger partial charge in [-0.1, -0.05) is 20.8 Å². The van der Waals surface area contributed by atoms with Crippen LogP contribution in [0.3, 0.4) is 0 Å². The fraction of sp³-hybridized carbons (Fsp3) is 0.818. The average molecular weight is 229 g/mol. The third-order valence-electron chi connectivity index (χ3n) is 3.04. The van der Waals surface area contributed by atoms with Crippen LogP contribution < -0.4 is 0 Å². The number of β-amino-alcohol motifs (C(OH)–C–C–N with tert-alkyl or cyclic N) is 1. The van der Waals surface area contributed by atoms with E-state index in [1.54, 1.807) is 6.92 Å². The molecule has 1 heterocycles. The van der Waals surface area contributed by atoms with E-state index in [-0.39, 0.29) is 18.4 Å². The fourth-order valence-corrected chi connectivity index (χ4v) is 2.01. The van der Waals surface area contributed by atoms with Crippen LogP contribution in [-0.4, -0.2) is 47.7 Å². The molecule has 0 radical (unpaired) electrons. The Morgan fingerprint density at radius 3 is 2.44 bits per heavy atom. The lowest BCUT2D eigenvalue weighted by atomic mass is 10.0. The van der Waals surface area contributed by atoms with Crippen molar-refractivity contribution in [3.63, 3.8) is 0 Å². The molecule has 0 aromatic rings. The number of nitrogens with zero attached hydrogens (tertiary/aromatic N) is 1. The van der Waals surface area contributed by atoms with Gasteiger partial charge >= 0.3 is 5.97 Å². The topological polar surface area (TPSA) is 66.8 Å². The van der Waals surface area contributed by atoms with Crippen LogP contribution >= 0.6 is 0 Å². The van der Waals surface area contributed by atoms with E-state index in [1.165, 1.54) is 12.0 Å². The number of ether oxygens (including phenoxy) is 1. The number of rotatable bonds is 3. The second-order valence-corrected chi connectivity index (χ2v) is 4.56. The van der Waals surface area contributed by atoms with Crippen molar-refractivity contribution in [2.75, 3.05) is 13.7 Å². The van der Waals surface area contributed by atoms with Gasteiger partial charge in [0, 0.05) is 6.54 Å². The number of amides is 1. The number of carbonyl (C=O) groups excluding carboxylic acids is 2. The standard InChI is InChI=1S/C11H19NO4/c1-6(2)9(11(15)16-4)12-5-8(13)7(3)10(12)14/h6-9,13H,5H2,1-4H3. The normalized spacial score (nSPS) is 27.4. The Labute approximate surface area is 95.4 Å². The lowest BCUT2D eigenvalue weighted by molar-refractivity contribution is -0.153. The third-order valence-corrected chi connectivity index (χ3v) is 3.04. The Bertz CT molecular complexity index is 290. The van der Waals surface area contributed by atoms with Crippen molar-refractivity contribution >= 4 is 11.9 Å². The monoisotopic (exact) mass is 229 g/mol. The smallest absolute Gasteiger partial charge is 0.328 e. The number of likely N-dealkylation sites (tertiary alicyclic amines) is 1. The maximum Gasteiger partial charge on any atom is 0.328 e. The Balaban J connectivity index is 2.89. The van der Waals surface area contributed by atoms with Crippen LogP contribution in [0.5, 0.6) is 0 Å². The van der Waals surface area contributed by atoms with Crippen LogP contribution in [0.2, 0.25) is 0 Å².